The van der Waals surface area contributed by atoms with Crippen LogP contribution in [0.1, 0.15) is 34.6 Å². The smallest absolute Gasteiger partial charge is 0.132 e. The zero-order valence-electron chi connectivity index (χ0n) is 7.76. The third-order valence-electron chi connectivity index (χ3n) is 3.33. The molecule has 2 heterocycles. The van der Waals surface area contributed by atoms with Crippen molar-refractivity contribution in [2.45, 2.75) is 51.4 Å². The van der Waals surface area contributed by atoms with Crippen molar-refractivity contribution in [1.82, 2.24) is 5.23 Å². The largest absolute Gasteiger partial charge is 0.265 e. The maximum Gasteiger partial charge on any atom is 0.132 e. The molecule has 11 heavy (non-hydrogen) atoms. The Labute approximate surface area is 67.2 Å². The molecule has 2 rings (SSSR count). The number of hydrogen-bond acceptors (Lipinski definition) is 3. The summed E-state index contributed by atoms with van der Waals surface area (Å²) in [6.45, 7) is 10.5. The SMILES string of the molecule is CC1(C)ON2OC(C)(C)C21C. The first-order chi connectivity index (χ1) is 4.81. The molecular weight excluding hydrogens is 142 g/mol. The summed E-state index contributed by atoms with van der Waals surface area (Å²) in [7, 11) is 0. The zero-order chi connectivity index (χ0) is 8.49. The van der Waals surface area contributed by atoms with Gasteiger partial charge in [-0.15, -0.1) is 0 Å². The van der Waals surface area contributed by atoms with Crippen LogP contribution in [0.5, 0.6) is 0 Å². The van der Waals surface area contributed by atoms with Gasteiger partial charge in [0.15, 0.2) is 0 Å². The van der Waals surface area contributed by atoms with Crippen LogP contribution >= 0.6 is 0 Å². The van der Waals surface area contributed by atoms with E-state index in [0.717, 1.165) is 0 Å². The summed E-state index contributed by atoms with van der Waals surface area (Å²) in [5.41, 5.74) is -0.135. The maximum atomic E-state index is 5.38. The molecule has 0 aromatic heterocycles. The fourth-order valence-corrected chi connectivity index (χ4v) is 1.88. The Morgan fingerprint density at radius 3 is 1.27 bits per heavy atom. The van der Waals surface area contributed by atoms with Crippen molar-refractivity contribution in [3.8, 4) is 0 Å². The standard InChI is InChI=1S/C8H15NO2/c1-6(2)8(5)7(3,4)11-9(8)10-6/h1-5H3. The summed E-state index contributed by atoms with van der Waals surface area (Å²) in [6, 6.07) is 0. The van der Waals surface area contributed by atoms with E-state index in [9.17, 15) is 0 Å². The van der Waals surface area contributed by atoms with E-state index in [1.54, 1.807) is 5.23 Å². The van der Waals surface area contributed by atoms with E-state index in [4.69, 9.17) is 9.68 Å². The lowest BCUT2D eigenvalue weighted by atomic mass is 9.68. The number of rotatable bonds is 0. The summed E-state index contributed by atoms with van der Waals surface area (Å²) in [5, 5.41) is 1.60. The van der Waals surface area contributed by atoms with E-state index in [2.05, 4.69) is 34.6 Å². The second-order valence-electron chi connectivity index (χ2n) is 4.53. The molecule has 0 atom stereocenters. The Balaban J connectivity index is 2.30. The molecule has 64 valence electrons. The molecule has 0 amide bonds. The van der Waals surface area contributed by atoms with Crippen molar-refractivity contribution in [2.75, 3.05) is 0 Å². The number of hydrogen-bond donors (Lipinski definition) is 0. The van der Waals surface area contributed by atoms with E-state index in [1.165, 1.54) is 0 Å². The van der Waals surface area contributed by atoms with Gasteiger partial charge >= 0.3 is 0 Å². The van der Waals surface area contributed by atoms with Crippen LogP contribution in [-0.4, -0.2) is 22.0 Å². The minimum absolute atomic E-state index is 0.0417. The summed E-state index contributed by atoms with van der Waals surface area (Å²) in [6.07, 6.45) is 0. The summed E-state index contributed by atoms with van der Waals surface area (Å²) in [4.78, 5) is 10.8. The summed E-state index contributed by atoms with van der Waals surface area (Å²) in [5.74, 6) is 0. The van der Waals surface area contributed by atoms with E-state index in [1.807, 2.05) is 0 Å². The van der Waals surface area contributed by atoms with Crippen LogP contribution in [-0.2, 0) is 9.68 Å². The van der Waals surface area contributed by atoms with E-state index in [0.29, 0.717) is 0 Å². The van der Waals surface area contributed by atoms with Crippen molar-refractivity contribution in [3.63, 3.8) is 0 Å². The average molecular weight is 157 g/mol. The number of hydroxylamine groups is 2. The molecule has 0 aromatic rings. The predicted octanol–water partition coefficient (Wildman–Crippen LogP) is 1.49. The van der Waals surface area contributed by atoms with Gasteiger partial charge in [0.05, 0.1) is 0 Å². The second kappa shape index (κ2) is 1.49. The maximum absolute atomic E-state index is 5.38. The molecule has 0 saturated carbocycles. The van der Waals surface area contributed by atoms with Crippen LogP contribution < -0.4 is 0 Å². The Hall–Kier alpha value is -0.120. The minimum Gasteiger partial charge on any atom is -0.265 e. The fourth-order valence-electron chi connectivity index (χ4n) is 1.88. The van der Waals surface area contributed by atoms with Crippen molar-refractivity contribution in [3.05, 3.63) is 0 Å². The molecule has 0 spiro atoms. The lowest BCUT2D eigenvalue weighted by molar-refractivity contribution is -0.664. The molecule has 0 N–H and O–H groups in total. The van der Waals surface area contributed by atoms with Crippen LogP contribution in [0.15, 0.2) is 0 Å². The first-order valence-electron chi connectivity index (χ1n) is 4.00. The normalized spacial score (nSPS) is 36.8. The van der Waals surface area contributed by atoms with Gasteiger partial charge in [0, 0.05) is 0 Å². The van der Waals surface area contributed by atoms with Gasteiger partial charge in [-0.05, 0) is 34.6 Å². The average Bonchev–Trinajstić information content (AvgIpc) is 1.84. The van der Waals surface area contributed by atoms with E-state index < -0.39 is 0 Å². The molecule has 0 aliphatic carbocycles. The molecule has 0 radical (unpaired) electrons. The monoisotopic (exact) mass is 157 g/mol. The van der Waals surface area contributed by atoms with Crippen LogP contribution in [0.2, 0.25) is 0 Å². The third kappa shape index (κ3) is 0.534. The van der Waals surface area contributed by atoms with Gasteiger partial charge in [0.2, 0.25) is 0 Å². The molecule has 3 nitrogen and oxygen atoms in total. The lowest BCUT2D eigenvalue weighted by Gasteiger charge is -2.73. The van der Waals surface area contributed by atoms with Crippen molar-refractivity contribution in [2.24, 2.45) is 0 Å². The molecule has 2 aliphatic heterocycles. The Bertz CT molecular complexity index is 192. The third-order valence-corrected chi connectivity index (χ3v) is 3.33. The van der Waals surface area contributed by atoms with Gasteiger partial charge in [0.1, 0.15) is 16.7 Å². The topological polar surface area (TPSA) is 21.7 Å². The van der Waals surface area contributed by atoms with Crippen molar-refractivity contribution < 1.29 is 9.68 Å². The quantitative estimate of drug-likeness (QED) is 0.532. The summed E-state index contributed by atoms with van der Waals surface area (Å²) >= 11 is 0. The first-order valence-corrected chi connectivity index (χ1v) is 4.00. The minimum atomic E-state index is -0.0885. The van der Waals surface area contributed by atoms with Gasteiger partial charge in [-0.25, -0.2) is 0 Å². The Morgan fingerprint density at radius 1 is 0.818 bits per heavy atom. The van der Waals surface area contributed by atoms with Crippen molar-refractivity contribution >= 4 is 0 Å². The van der Waals surface area contributed by atoms with Gasteiger partial charge in [0.25, 0.3) is 0 Å². The fraction of sp³-hybridized carbons (Fsp3) is 1.00. The van der Waals surface area contributed by atoms with Gasteiger partial charge in [-0.2, -0.15) is 0 Å². The molecule has 0 unspecified atom stereocenters. The molecule has 0 bridgehead atoms. The molecule has 3 heteroatoms. The van der Waals surface area contributed by atoms with Crippen LogP contribution in [0.25, 0.3) is 0 Å². The molecule has 2 saturated heterocycles. The van der Waals surface area contributed by atoms with E-state index >= 15 is 0 Å². The predicted molar refractivity (Wildman–Crippen MR) is 40.6 cm³/mol. The first kappa shape index (κ1) is 7.53. The number of nitrogens with zero attached hydrogens (tertiary/aromatic N) is 1. The molecule has 2 aliphatic rings. The zero-order valence-corrected chi connectivity index (χ0v) is 7.76. The van der Waals surface area contributed by atoms with Gasteiger partial charge < -0.3 is 0 Å². The molecule has 0 aromatic carbocycles. The highest BCUT2D eigenvalue weighted by molar-refractivity contribution is 5.17. The Morgan fingerprint density at radius 2 is 1.18 bits per heavy atom. The van der Waals surface area contributed by atoms with Crippen LogP contribution in [0, 0.1) is 0 Å². The van der Waals surface area contributed by atoms with Crippen molar-refractivity contribution in [1.29, 1.82) is 0 Å². The summed E-state index contributed by atoms with van der Waals surface area (Å²) < 4.78 is 0. The highest BCUT2D eigenvalue weighted by Crippen LogP contribution is 2.58. The van der Waals surface area contributed by atoms with Crippen LogP contribution in [0.3, 0.4) is 0 Å². The van der Waals surface area contributed by atoms with Crippen LogP contribution in [0.4, 0.5) is 0 Å². The molecular formula is C8H15NO2. The lowest BCUT2D eigenvalue weighted by Crippen LogP contribution is -2.89. The highest BCUT2D eigenvalue weighted by Gasteiger charge is 2.76. The Kier molecular flexibility index (Phi) is 1.02. The number of fused-ring (bicyclic) bond motifs is 1. The van der Waals surface area contributed by atoms with Gasteiger partial charge in [-0.1, -0.05) is 5.23 Å². The van der Waals surface area contributed by atoms with Gasteiger partial charge in [-0.3, -0.25) is 9.68 Å². The molecule has 2 fully saturated rings. The second-order valence-corrected chi connectivity index (χ2v) is 4.53. The van der Waals surface area contributed by atoms with E-state index in [-0.39, 0.29) is 16.7 Å². The highest BCUT2D eigenvalue weighted by atomic mass is 17.0.